The zero-order valence-corrected chi connectivity index (χ0v) is 12.5. The predicted octanol–water partition coefficient (Wildman–Crippen LogP) is 1.88. The smallest absolute Gasteiger partial charge is 0.169 e. The summed E-state index contributed by atoms with van der Waals surface area (Å²) >= 11 is 0. The first kappa shape index (κ1) is 14.0. The van der Waals surface area contributed by atoms with E-state index in [1.807, 2.05) is 10.9 Å². The molecule has 0 saturated carbocycles. The second-order valence-electron chi connectivity index (χ2n) is 5.99. The van der Waals surface area contributed by atoms with Crippen molar-refractivity contribution in [1.29, 1.82) is 0 Å². The first-order chi connectivity index (χ1) is 9.69. The molecule has 3 rings (SSSR count). The highest BCUT2D eigenvalue weighted by molar-refractivity contribution is 5.04. The molecule has 0 aromatic carbocycles. The van der Waals surface area contributed by atoms with E-state index in [9.17, 15) is 0 Å². The molecule has 2 fully saturated rings. The fourth-order valence-corrected chi connectivity index (χ4v) is 3.31. The Morgan fingerprint density at radius 3 is 2.90 bits per heavy atom. The van der Waals surface area contributed by atoms with Gasteiger partial charge >= 0.3 is 0 Å². The van der Waals surface area contributed by atoms with Crippen LogP contribution in [0.4, 0.5) is 0 Å². The van der Waals surface area contributed by atoms with Crippen LogP contribution >= 0.6 is 0 Å². The van der Waals surface area contributed by atoms with Crippen LogP contribution in [0.2, 0.25) is 0 Å². The lowest BCUT2D eigenvalue weighted by atomic mass is 9.90. The van der Waals surface area contributed by atoms with E-state index < -0.39 is 0 Å². The summed E-state index contributed by atoms with van der Waals surface area (Å²) < 4.78 is 13.7. The van der Waals surface area contributed by atoms with Crippen LogP contribution in [0, 0.1) is 5.92 Å². The third-order valence-electron chi connectivity index (χ3n) is 4.52. The molecule has 2 saturated heterocycles. The Kier molecular flexibility index (Phi) is 4.10. The summed E-state index contributed by atoms with van der Waals surface area (Å²) in [5.41, 5.74) is 1.30. The molecule has 0 unspecified atom stereocenters. The van der Waals surface area contributed by atoms with Crippen molar-refractivity contribution in [2.45, 2.75) is 45.6 Å². The topological polar surface area (TPSA) is 39.5 Å². The average Bonchev–Trinajstić information content (AvgIpc) is 3.09. The number of ether oxygens (including phenoxy) is 2. The zero-order chi connectivity index (χ0) is 14.0. The number of hydrogen-bond donors (Lipinski definition) is 0. The van der Waals surface area contributed by atoms with Gasteiger partial charge in [-0.05, 0) is 33.2 Å². The summed E-state index contributed by atoms with van der Waals surface area (Å²) in [6, 6.07) is 0. The van der Waals surface area contributed by atoms with Gasteiger partial charge in [-0.15, -0.1) is 0 Å². The van der Waals surface area contributed by atoms with Crippen LogP contribution in [0.15, 0.2) is 12.4 Å². The zero-order valence-electron chi connectivity index (χ0n) is 12.5. The van der Waals surface area contributed by atoms with Crippen LogP contribution in [0.3, 0.4) is 0 Å². The molecule has 3 heterocycles. The highest BCUT2D eigenvalue weighted by Crippen LogP contribution is 2.34. The maximum Gasteiger partial charge on any atom is 0.169 e. The Hall–Kier alpha value is -0.910. The van der Waals surface area contributed by atoms with Crippen LogP contribution < -0.4 is 0 Å². The van der Waals surface area contributed by atoms with Gasteiger partial charge in [0.15, 0.2) is 5.79 Å². The molecule has 0 spiro atoms. The molecule has 5 nitrogen and oxygen atoms in total. The molecule has 20 heavy (non-hydrogen) atoms. The van der Waals surface area contributed by atoms with Crippen molar-refractivity contribution in [3.8, 4) is 0 Å². The minimum atomic E-state index is -0.369. The second-order valence-corrected chi connectivity index (χ2v) is 5.99. The third kappa shape index (κ3) is 2.90. The average molecular weight is 279 g/mol. The second kappa shape index (κ2) is 5.84. The maximum atomic E-state index is 5.83. The van der Waals surface area contributed by atoms with Gasteiger partial charge in [0.05, 0.1) is 19.4 Å². The Balaban J connectivity index is 1.60. The van der Waals surface area contributed by atoms with Gasteiger partial charge in [-0.1, -0.05) is 0 Å². The number of aryl methyl sites for hydroxylation is 1. The van der Waals surface area contributed by atoms with Gasteiger partial charge in [-0.3, -0.25) is 9.58 Å². The SMILES string of the molecule is CCn1cc(CN2CCC[C@H](C3(C)OCCO3)C2)cn1. The monoisotopic (exact) mass is 279 g/mol. The van der Waals surface area contributed by atoms with Crippen LogP contribution in [0.1, 0.15) is 32.3 Å². The van der Waals surface area contributed by atoms with Gasteiger partial charge < -0.3 is 9.47 Å². The molecule has 0 amide bonds. The Morgan fingerprint density at radius 1 is 1.40 bits per heavy atom. The largest absolute Gasteiger partial charge is 0.347 e. The summed E-state index contributed by atoms with van der Waals surface area (Å²) in [5.74, 6) is 0.103. The van der Waals surface area contributed by atoms with E-state index in [4.69, 9.17) is 9.47 Å². The molecule has 2 aliphatic rings. The lowest BCUT2D eigenvalue weighted by molar-refractivity contribution is -0.192. The molecule has 1 atom stereocenters. The van der Waals surface area contributed by atoms with E-state index in [2.05, 4.69) is 30.0 Å². The Bertz CT molecular complexity index is 440. The van der Waals surface area contributed by atoms with Crippen molar-refractivity contribution < 1.29 is 9.47 Å². The van der Waals surface area contributed by atoms with E-state index in [-0.39, 0.29) is 5.79 Å². The number of aromatic nitrogens is 2. The molecule has 0 radical (unpaired) electrons. The van der Waals surface area contributed by atoms with Gasteiger partial charge in [0.1, 0.15) is 0 Å². The molecule has 5 heteroatoms. The summed E-state index contributed by atoms with van der Waals surface area (Å²) in [4.78, 5) is 2.50. The highest BCUT2D eigenvalue weighted by atomic mass is 16.7. The predicted molar refractivity (Wildman–Crippen MR) is 76.2 cm³/mol. The molecule has 1 aromatic heterocycles. The van der Waals surface area contributed by atoms with Crippen molar-refractivity contribution in [3.63, 3.8) is 0 Å². The quantitative estimate of drug-likeness (QED) is 0.843. The number of likely N-dealkylation sites (tertiary alicyclic amines) is 1. The molecule has 0 N–H and O–H groups in total. The van der Waals surface area contributed by atoms with Crippen LogP contribution in [-0.2, 0) is 22.6 Å². The Morgan fingerprint density at radius 2 is 2.20 bits per heavy atom. The molecular weight excluding hydrogens is 254 g/mol. The van der Waals surface area contributed by atoms with E-state index in [0.717, 1.165) is 39.4 Å². The Labute approximate surface area is 120 Å². The maximum absolute atomic E-state index is 5.83. The van der Waals surface area contributed by atoms with Crippen molar-refractivity contribution in [3.05, 3.63) is 18.0 Å². The van der Waals surface area contributed by atoms with Crippen LogP contribution in [0.5, 0.6) is 0 Å². The number of rotatable bonds is 4. The number of hydrogen-bond acceptors (Lipinski definition) is 4. The first-order valence-corrected chi connectivity index (χ1v) is 7.71. The minimum absolute atomic E-state index is 0.369. The summed E-state index contributed by atoms with van der Waals surface area (Å²) in [6.45, 7) is 9.80. The molecule has 0 bridgehead atoms. The lowest BCUT2D eigenvalue weighted by Crippen LogP contribution is -2.46. The highest BCUT2D eigenvalue weighted by Gasteiger charge is 2.41. The fraction of sp³-hybridized carbons (Fsp3) is 0.800. The summed E-state index contributed by atoms with van der Waals surface area (Å²) in [6.07, 6.45) is 6.54. The van der Waals surface area contributed by atoms with Crippen molar-refractivity contribution in [2.75, 3.05) is 26.3 Å². The number of nitrogens with zero attached hydrogens (tertiary/aromatic N) is 3. The molecule has 112 valence electrons. The summed E-state index contributed by atoms with van der Waals surface area (Å²) in [7, 11) is 0. The van der Waals surface area contributed by atoms with Gasteiger partial charge in [0, 0.05) is 37.3 Å². The summed E-state index contributed by atoms with van der Waals surface area (Å²) in [5, 5.41) is 4.35. The molecule has 1 aromatic rings. The molecular formula is C15H25N3O2. The normalized spacial score (nSPS) is 27.0. The van der Waals surface area contributed by atoms with Gasteiger partial charge in [-0.25, -0.2) is 0 Å². The van der Waals surface area contributed by atoms with Gasteiger partial charge in [0.25, 0.3) is 0 Å². The lowest BCUT2D eigenvalue weighted by Gasteiger charge is -2.39. The van der Waals surface area contributed by atoms with E-state index in [0.29, 0.717) is 5.92 Å². The van der Waals surface area contributed by atoms with Crippen molar-refractivity contribution in [2.24, 2.45) is 5.92 Å². The van der Waals surface area contributed by atoms with Gasteiger partial charge in [0.2, 0.25) is 0 Å². The fourth-order valence-electron chi connectivity index (χ4n) is 3.31. The van der Waals surface area contributed by atoms with E-state index in [1.165, 1.54) is 18.4 Å². The van der Waals surface area contributed by atoms with E-state index >= 15 is 0 Å². The molecule has 0 aliphatic carbocycles. The van der Waals surface area contributed by atoms with Crippen LogP contribution in [0.25, 0.3) is 0 Å². The van der Waals surface area contributed by atoms with Crippen LogP contribution in [-0.4, -0.2) is 46.8 Å². The molecule has 2 aliphatic heterocycles. The number of piperidine rings is 1. The van der Waals surface area contributed by atoms with E-state index in [1.54, 1.807) is 0 Å². The third-order valence-corrected chi connectivity index (χ3v) is 4.52. The van der Waals surface area contributed by atoms with Crippen molar-refractivity contribution in [1.82, 2.24) is 14.7 Å². The standard InChI is InChI=1S/C15H25N3O2/c1-3-18-11-13(9-16-18)10-17-6-4-5-14(12-17)15(2)19-7-8-20-15/h9,11,14H,3-8,10,12H2,1-2H3/t14-/m0/s1. The van der Waals surface area contributed by atoms with Gasteiger partial charge in [-0.2, -0.15) is 5.10 Å². The van der Waals surface area contributed by atoms with Crippen molar-refractivity contribution >= 4 is 0 Å². The minimum Gasteiger partial charge on any atom is -0.347 e. The first-order valence-electron chi connectivity index (χ1n) is 7.71.